The Morgan fingerprint density at radius 3 is 2.48 bits per heavy atom. The van der Waals surface area contributed by atoms with Gasteiger partial charge in [0.1, 0.15) is 6.61 Å². The Morgan fingerprint density at radius 2 is 1.76 bits per heavy atom. The second-order valence-corrected chi connectivity index (χ2v) is 8.54. The number of ketones is 2. The second kappa shape index (κ2) is 8.70. The summed E-state index contributed by atoms with van der Waals surface area (Å²) >= 11 is 6.25. The summed E-state index contributed by atoms with van der Waals surface area (Å²) in [5.74, 6) is -2.13. The highest BCUT2D eigenvalue weighted by molar-refractivity contribution is 6.33. The van der Waals surface area contributed by atoms with Crippen molar-refractivity contribution in [2.75, 3.05) is 46.4 Å². The third kappa shape index (κ3) is 3.94. The summed E-state index contributed by atoms with van der Waals surface area (Å²) in [6.07, 6.45) is 0. The van der Waals surface area contributed by atoms with E-state index in [9.17, 15) is 9.59 Å². The van der Waals surface area contributed by atoms with Crippen LogP contribution < -0.4 is 4.74 Å². The molecule has 0 unspecified atom stereocenters. The number of rotatable bonds is 5. The lowest BCUT2D eigenvalue weighted by Gasteiger charge is -2.32. The topological polar surface area (TPSA) is 75.9 Å². The van der Waals surface area contributed by atoms with Gasteiger partial charge in [0.25, 0.3) is 0 Å². The first-order valence-corrected chi connectivity index (χ1v) is 11.0. The molecule has 1 fully saturated rings. The molecule has 1 aromatic heterocycles. The molecule has 0 amide bonds. The Kier molecular flexibility index (Phi) is 5.74. The van der Waals surface area contributed by atoms with Crippen molar-refractivity contribution in [3.63, 3.8) is 0 Å². The minimum absolute atomic E-state index is 0.000591. The van der Waals surface area contributed by atoms with Crippen molar-refractivity contribution in [3.8, 4) is 17.2 Å². The zero-order valence-corrected chi connectivity index (χ0v) is 18.7. The number of likely N-dealkylation sites (N-methyl/N-ethyl adjacent to an activating group) is 1. The lowest BCUT2D eigenvalue weighted by atomic mass is 9.91. The zero-order chi connectivity index (χ0) is 23.1. The smallest absolute Gasteiger partial charge is 0.232 e. The van der Waals surface area contributed by atoms with E-state index in [0.29, 0.717) is 13.2 Å². The molecule has 1 saturated heterocycles. The van der Waals surface area contributed by atoms with Crippen LogP contribution in [0, 0.1) is 5.82 Å². The fourth-order valence-corrected chi connectivity index (χ4v) is 4.29. The molecule has 33 heavy (non-hydrogen) atoms. The molecule has 2 aliphatic rings. The van der Waals surface area contributed by atoms with E-state index < -0.39 is 17.4 Å². The first kappa shape index (κ1) is 21.8. The molecule has 1 aliphatic carbocycles. The Hall–Kier alpha value is -3.07. The van der Waals surface area contributed by atoms with Crippen LogP contribution in [0.3, 0.4) is 0 Å². The molecule has 7 nitrogen and oxygen atoms in total. The maximum absolute atomic E-state index is 15.4. The summed E-state index contributed by atoms with van der Waals surface area (Å²) in [5.41, 5.74) is 0.172. The lowest BCUT2D eigenvalue weighted by molar-refractivity contribution is 0.0959. The molecule has 9 heteroatoms. The van der Waals surface area contributed by atoms with Gasteiger partial charge in [-0.1, -0.05) is 35.9 Å². The van der Waals surface area contributed by atoms with Crippen molar-refractivity contribution in [2.24, 2.45) is 0 Å². The van der Waals surface area contributed by atoms with E-state index in [4.69, 9.17) is 20.8 Å². The van der Waals surface area contributed by atoms with Crippen molar-refractivity contribution in [1.82, 2.24) is 14.8 Å². The van der Waals surface area contributed by atoms with E-state index in [-0.39, 0.29) is 44.8 Å². The third-order valence-corrected chi connectivity index (χ3v) is 6.31. The van der Waals surface area contributed by atoms with Crippen molar-refractivity contribution in [3.05, 3.63) is 69.8 Å². The molecule has 0 bridgehead atoms. The Bertz CT molecular complexity index is 1200. The van der Waals surface area contributed by atoms with E-state index in [1.807, 2.05) is 0 Å². The van der Waals surface area contributed by atoms with Crippen molar-refractivity contribution < 1.29 is 23.1 Å². The van der Waals surface area contributed by atoms with E-state index in [1.165, 1.54) is 12.1 Å². The number of ether oxygens (including phenoxy) is 1. The van der Waals surface area contributed by atoms with Gasteiger partial charge >= 0.3 is 0 Å². The number of nitrogens with zero attached hydrogens (tertiary/aromatic N) is 3. The largest absolute Gasteiger partial charge is 0.489 e. The molecule has 2 heterocycles. The van der Waals surface area contributed by atoms with Crippen LogP contribution in [0.25, 0.3) is 11.5 Å². The quantitative estimate of drug-likeness (QED) is 0.442. The molecule has 1 aliphatic heterocycles. The summed E-state index contributed by atoms with van der Waals surface area (Å²) in [6, 6.07) is 9.34. The molecule has 3 aromatic rings. The molecular weight excluding hydrogens is 449 g/mol. The number of fused-ring (bicyclic) bond motifs is 2. The van der Waals surface area contributed by atoms with Gasteiger partial charge in [-0.05, 0) is 19.2 Å². The number of hydrogen-bond acceptors (Lipinski definition) is 7. The van der Waals surface area contributed by atoms with Crippen molar-refractivity contribution in [1.29, 1.82) is 0 Å². The molecule has 0 radical (unpaired) electrons. The fourth-order valence-electron chi connectivity index (χ4n) is 4.06. The van der Waals surface area contributed by atoms with Gasteiger partial charge in [0.2, 0.25) is 23.2 Å². The molecule has 2 aromatic carbocycles. The van der Waals surface area contributed by atoms with E-state index in [1.54, 1.807) is 24.3 Å². The Morgan fingerprint density at radius 1 is 1.06 bits per heavy atom. The van der Waals surface area contributed by atoms with Crippen LogP contribution in [-0.4, -0.2) is 72.7 Å². The monoisotopic (exact) mass is 469 g/mol. The molecular formula is C24H21ClFN3O4. The summed E-state index contributed by atoms with van der Waals surface area (Å²) in [7, 11) is 2.08. The number of carbonyl (C=O) groups excluding carboxylic acids is 2. The summed E-state index contributed by atoms with van der Waals surface area (Å²) in [5, 5.41) is 0.0370. The van der Waals surface area contributed by atoms with Crippen LogP contribution in [0.4, 0.5) is 4.39 Å². The van der Waals surface area contributed by atoms with Gasteiger partial charge < -0.3 is 14.1 Å². The SMILES string of the molecule is CN1CCN(CCOc2ccc(Cl)c(-c3nc4c(o3)C(=O)c3ccccc3C4=O)c2F)CC1. The average molecular weight is 470 g/mol. The predicted octanol–water partition coefficient (Wildman–Crippen LogP) is 3.54. The summed E-state index contributed by atoms with van der Waals surface area (Å²) in [4.78, 5) is 34.3. The first-order chi connectivity index (χ1) is 15.9. The van der Waals surface area contributed by atoms with Gasteiger partial charge in [0.15, 0.2) is 17.3 Å². The van der Waals surface area contributed by atoms with Gasteiger partial charge in [-0.3, -0.25) is 14.5 Å². The van der Waals surface area contributed by atoms with Gasteiger partial charge in [0.05, 0.1) is 10.6 Å². The summed E-state index contributed by atoms with van der Waals surface area (Å²) < 4.78 is 26.6. The van der Waals surface area contributed by atoms with E-state index in [0.717, 1.165) is 26.2 Å². The lowest BCUT2D eigenvalue weighted by Crippen LogP contribution is -2.45. The number of carbonyl (C=O) groups is 2. The number of piperazine rings is 1. The zero-order valence-electron chi connectivity index (χ0n) is 17.9. The highest BCUT2D eigenvalue weighted by Crippen LogP contribution is 2.38. The van der Waals surface area contributed by atoms with Crippen LogP contribution in [0.5, 0.6) is 5.75 Å². The van der Waals surface area contributed by atoms with Crippen molar-refractivity contribution >= 4 is 23.2 Å². The van der Waals surface area contributed by atoms with E-state index >= 15 is 4.39 Å². The first-order valence-electron chi connectivity index (χ1n) is 10.7. The average Bonchev–Trinajstić information content (AvgIpc) is 3.26. The maximum atomic E-state index is 15.4. The predicted molar refractivity (Wildman–Crippen MR) is 120 cm³/mol. The van der Waals surface area contributed by atoms with Gasteiger partial charge in [-0.2, -0.15) is 0 Å². The van der Waals surface area contributed by atoms with Gasteiger partial charge in [-0.25, -0.2) is 9.37 Å². The standard InChI is InChI=1S/C24H21ClFN3O4/c1-28-8-10-29(11-9-28)12-13-32-17-7-6-16(25)18(19(17)26)24-27-20-21(30)14-4-2-3-5-15(14)22(31)23(20)33-24/h2-7H,8-13H2,1H3. The van der Waals surface area contributed by atoms with Crippen LogP contribution >= 0.6 is 11.6 Å². The van der Waals surface area contributed by atoms with E-state index in [2.05, 4.69) is 21.8 Å². The normalized spacial score (nSPS) is 16.6. The molecule has 0 saturated carbocycles. The number of hydrogen-bond donors (Lipinski definition) is 0. The van der Waals surface area contributed by atoms with Crippen LogP contribution in [0.15, 0.2) is 40.8 Å². The van der Waals surface area contributed by atoms with Crippen LogP contribution in [-0.2, 0) is 0 Å². The number of benzene rings is 2. The molecule has 170 valence electrons. The number of aromatic nitrogens is 1. The maximum Gasteiger partial charge on any atom is 0.232 e. The summed E-state index contributed by atoms with van der Waals surface area (Å²) in [6.45, 7) is 4.79. The van der Waals surface area contributed by atoms with Crippen LogP contribution in [0.2, 0.25) is 5.02 Å². The fraction of sp³-hybridized carbons (Fsp3) is 0.292. The minimum atomic E-state index is -0.753. The van der Waals surface area contributed by atoms with Gasteiger partial charge in [0, 0.05) is 43.9 Å². The van der Waals surface area contributed by atoms with Crippen molar-refractivity contribution in [2.45, 2.75) is 0 Å². The molecule has 0 N–H and O–H groups in total. The molecule has 0 atom stereocenters. The molecule has 0 spiro atoms. The third-order valence-electron chi connectivity index (χ3n) is 6.00. The number of halogens is 2. The van der Waals surface area contributed by atoms with Gasteiger partial charge in [-0.15, -0.1) is 0 Å². The number of oxazole rings is 1. The highest BCUT2D eigenvalue weighted by atomic mass is 35.5. The highest BCUT2D eigenvalue weighted by Gasteiger charge is 2.36. The Labute approximate surface area is 194 Å². The molecule has 5 rings (SSSR count). The second-order valence-electron chi connectivity index (χ2n) is 8.13. The van der Waals surface area contributed by atoms with Crippen LogP contribution in [0.1, 0.15) is 32.2 Å². The Balaban J connectivity index is 1.40. The minimum Gasteiger partial charge on any atom is -0.489 e.